The van der Waals surface area contributed by atoms with Gasteiger partial charge in [-0.2, -0.15) is 4.68 Å². The molecule has 0 amide bonds. The molecule has 1 aliphatic rings. The summed E-state index contributed by atoms with van der Waals surface area (Å²) in [4.78, 5) is 1.12. The smallest absolute Gasteiger partial charge is 0.292 e. The molecule has 142 valence electrons. The quantitative estimate of drug-likeness (QED) is 0.687. The number of rotatable bonds is 7. The van der Waals surface area contributed by atoms with Crippen molar-refractivity contribution in [2.75, 3.05) is 31.8 Å². The lowest BCUT2D eigenvalue weighted by molar-refractivity contribution is -0.945. The maximum absolute atomic E-state index is 13.9. The van der Waals surface area contributed by atoms with Gasteiger partial charge in [-0.3, -0.25) is 0 Å². The molecule has 2 heterocycles. The minimum Gasteiger partial charge on any atom is -0.409 e. The fourth-order valence-corrected chi connectivity index (χ4v) is 5.11. The molecular formula is C16H21FN3O4S2+. The first kappa shape index (κ1) is 19.2. The van der Waals surface area contributed by atoms with Gasteiger partial charge in [0.2, 0.25) is 5.89 Å². The van der Waals surface area contributed by atoms with Gasteiger partial charge < -0.3 is 14.1 Å². The van der Waals surface area contributed by atoms with E-state index in [9.17, 15) is 12.8 Å². The van der Waals surface area contributed by atoms with E-state index in [1.54, 1.807) is 25.3 Å². The van der Waals surface area contributed by atoms with Crippen LogP contribution in [-0.4, -0.2) is 56.0 Å². The molecule has 26 heavy (non-hydrogen) atoms. The van der Waals surface area contributed by atoms with Crippen LogP contribution >= 0.6 is 12.2 Å². The molecule has 7 nitrogen and oxygen atoms in total. The molecule has 3 rings (SSSR count). The van der Waals surface area contributed by atoms with E-state index in [4.69, 9.17) is 21.4 Å². The highest BCUT2D eigenvalue weighted by Gasteiger charge is 2.35. The van der Waals surface area contributed by atoms with Gasteiger partial charge >= 0.3 is 0 Å². The zero-order chi connectivity index (χ0) is 18.7. The van der Waals surface area contributed by atoms with Crippen LogP contribution in [0.5, 0.6) is 0 Å². The maximum Gasteiger partial charge on any atom is 0.292 e. The molecule has 1 fully saturated rings. The molecular weight excluding hydrogens is 381 g/mol. The van der Waals surface area contributed by atoms with E-state index in [2.05, 4.69) is 5.10 Å². The van der Waals surface area contributed by atoms with Crippen LogP contribution in [-0.2, 0) is 21.2 Å². The van der Waals surface area contributed by atoms with E-state index in [0.717, 1.165) is 4.90 Å². The van der Waals surface area contributed by atoms with E-state index in [1.807, 2.05) is 0 Å². The first-order chi connectivity index (χ1) is 12.4. The average Bonchev–Trinajstić information content (AvgIpc) is 3.14. The third kappa shape index (κ3) is 4.37. The van der Waals surface area contributed by atoms with Gasteiger partial charge in [0.15, 0.2) is 16.5 Å². The predicted octanol–water partition coefficient (Wildman–Crippen LogP) is 0.688. The Bertz CT molecular complexity index is 926. The first-order valence-corrected chi connectivity index (χ1v) is 10.5. The number of hydrogen-bond acceptors (Lipinski definition) is 6. The average molecular weight is 402 g/mol. The van der Waals surface area contributed by atoms with Crippen molar-refractivity contribution < 1.29 is 26.9 Å². The highest BCUT2D eigenvalue weighted by Crippen LogP contribution is 2.20. The number of benzene rings is 1. The SMILES string of the molecule is COCC[NH+](Cn1nc(-c2ccccc2F)oc1=S)[C@@H]1CCS(=O)(=O)C1. The van der Waals surface area contributed by atoms with Crippen LogP contribution in [0.2, 0.25) is 0 Å². The molecule has 0 spiro atoms. The van der Waals surface area contributed by atoms with Crippen molar-refractivity contribution in [2.45, 2.75) is 19.1 Å². The molecule has 0 radical (unpaired) electrons. The van der Waals surface area contributed by atoms with Gasteiger partial charge in [-0.05, 0) is 24.4 Å². The number of nitrogens with one attached hydrogen (secondary N) is 1. The second-order valence-electron chi connectivity index (χ2n) is 6.31. The van der Waals surface area contributed by atoms with E-state index in [0.29, 0.717) is 26.2 Å². The number of hydrogen-bond donors (Lipinski definition) is 1. The van der Waals surface area contributed by atoms with E-state index < -0.39 is 15.7 Å². The third-order valence-electron chi connectivity index (χ3n) is 4.50. The molecule has 0 bridgehead atoms. The summed E-state index contributed by atoms with van der Waals surface area (Å²) in [6.07, 6.45) is 0.590. The van der Waals surface area contributed by atoms with Gasteiger partial charge in [-0.25, -0.2) is 12.8 Å². The topological polar surface area (TPSA) is 78.8 Å². The van der Waals surface area contributed by atoms with Gasteiger partial charge in [0.25, 0.3) is 4.84 Å². The normalized spacial score (nSPS) is 20.3. The lowest BCUT2D eigenvalue weighted by Gasteiger charge is -2.24. The summed E-state index contributed by atoms with van der Waals surface area (Å²) in [5, 5.41) is 4.29. The molecule has 2 atom stereocenters. The monoisotopic (exact) mass is 402 g/mol. The molecule has 1 aromatic heterocycles. The second-order valence-corrected chi connectivity index (χ2v) is 8.89. The highest BCUT2D eigenvalue weighted by molar-refractivity contribution is 7.91. The minimum absolute atomic E-state index is 0.0503. The highest BCUT2D eigenvalue weighted by atomic mass is 32.2. The summed E-state index contributed by atoms with van der Waals surface area (Å²) in [6, 6.07) is 6.12. The van der Waals surface area contributed by atoms with Crippen molar-refractivity contribution in [1.29, 1.82) is 0 Å². The lowest BCUT2D eigenvalue weighted by atomic mass is 10.2. The fourth-order valence-electron chi connectivity index (χ4n) is 3.10. The summed E-state index contributed by atoms with van der Waals surface area (Å²) in [5.41, 5.74) is 0.235. The van der Waals surface area contributed by atoms with E-state index in [1.165, 1.54) is 10.7 Å². The summed E-state index contributed by atoms with van der Waals surface area (Å²) in [6.45, 7) is 1.43. The van der Waals surface area contributed by atoms with E-state index in [-0.39, 0.29) is 33.8 Å². The Kier molecular flexibility index (Phi) is 5.86. The zero-order valence-electron chi connectivity index (χ0n) is 14.4. The molecule has 1 aromatic carbocycles. The van der Waals surface area contributed by atoms with Gasteiger partial charge in [0.1, 0.15) is 24.2 Å². The standard InChI is InChI=1S/C16H20FN3O4S2/c1-23-8-7-19(12-6-9-26(21,22)10-12)11-20-16(25)24-15(18-20)13-4-2-3-5-14(13)17/h2-5,12H,6-11H2,1H3/p+1/t12-/m1/s1. The van der Waals surface area contributed by atoms with Crippen molar-refractivity contribution in [1.82, 2.24) is 9.78 Å². The molecule has 2 aromatic rings. The number of nitrogens with zero attached hydrogens (tertiary/aromatic N) is 2. The maximum atomic E-state index is 13.9. The summed E-state index contributed by atoms with van der Waals surface area (Å²) < 4.78 is 49.7. The molecule has 1 aliphatic heterocycles. The Morgan fingerprint density at radius 1 is 1.46 bits per heavy atom. The molecule has 1 unspecified atom stereocenters. The molecule has 10 heteroatoms. The minimum atomic E-state index is -3.00. The van der Waals surface area contributed by atoms with Crippen LogP contribution in [0.1, 0.15) is 6.42 Å². The number of aromatic nitrogens is 2. The molecule has 0 aliphatic carbocycles. The van der Waals surface area contributed by atoms with Crippen molar-refractivity contribution in [3.05, 3.63) is 34.9 Å². The number of quaternary nitrogens is 1. The number of sulfone groups is 1. The van der Waals surface area contributed by atoms with Crippen molar-refractivity contribution in [3.63, 3.8) is 0 Å². The van der Waals surface area contributed by atoms with Crippen LogP contribution in [0.4, 0.5) is 4.39 Å². The number of halogens is 1. The summed E-state index contributed by atoms with van der Waals surface area (Å²) in [5.74, 6) is -0.00410. The Labute approximate surface area is 156 Å². The van der Waals surface area contributed by atoms with Crippen molar-refractivity contribution in [3.8, 4) is 11.5 Å². The Morgan fingerprint density at radius 3 is 2.88 bits per heavy atom. The van der Waals surface area contributed by atoms with Crippen LogP contribution in [0.15, 0.2) is 28.7 Å². The van der Waals surface area contributed by atoms with Crippen LogP contribution < -0.4 is 4.90 Å². The van der Waals surface area contributed by atoms with Gasteiger partial charge in [0, 0.05) is 13.5 Å². The fraction of sp³-hybridized carbons (Fsp3) is 0.500. The number of methoxy groups -OCH3 is 1. The number of ether oxygens (including phenoxy) is 1. The van der Waals surface area contributed by atoms with E-state index >= 15 is 0 Å². The third-order valence-corrected chi connectivity index (χ3v) is 6.56. The molecule has 0 saturated carbocycles. The summed E-state index contributed by atoms with van der Waals surface area (Å²) >= 11 is 5.22. The van der Waals surface area contributed by atoms with Crippen molar-refractivity contribution >= 4 is 22.1 Å². The van der Waals surface area contributed by atoms with Crippen LogP contribution in [0, 0.1) is 10.7 Å². The molecule has 1 N–H and O–H groups in total. The van der Waals surface area contributed by atoms with Gasteiger partial charge in [0.05, 0.1) is 17.9 Å². The Hall–Kier alpha value is -1.62. The largest absolute Gasteiger partial charge is 0.409 e. The van der Waals surface area contributed by atoms with Crippen LogP contribution in [0.3, 0.4) is 0 Å². The second kappa shape index (κ2) is 7.95. The van der Waals surface area contributed by atoms with Gasteiger partial charge in [-0.1, -0.05) is 12.1 Å². The first-order valence-electron chi connectivity index (χ1n) is 8.26. The van der Waals surface area contributed by atoms with Gasteiger partial charge in [-0.15, -0.1) is 5.10 Å². The Morgan fingerprint density at radius 2 is 2.23 bits per heavy atom. The zero-order valence-corrected chi connectivity index (χ0v) is 16.0. The predicted molar refractivity (Wildman–Crippen MR) is 95.5 cm³/mol. The molecule has 1 saturated heterocycles. The van der Waals surface area contributed by atoms with Crippen LogP contribution in [0.25, 0.3) is 11.5 Å². The Balaban J connectivity index is 1.83. The summed E-state index contributed by atoms with van der Waals surface area (Å²) in [7, 11) is -1.40. The lowest BCUT2D eigenvalue weighted by Crippen LogP contribution is -3.16. The van der Waals surface area contributed by atoms with Crippen molar-refractivity contribution in [2.24, 2.45) is 0 Å².